The normalized spacial score (nSPS) is 11.6. The SMILES string of the molecule is CCCCCCCCCCCCC(=O)OCCOCS(=O)(=O)O. The molecule has 0 unspecified atom stereocenters. The molecule has 0 atom stereocenters. The van der Waals surface area contributed by atoms with Crippen LogP contribution in [0.25, 0.3) is 0 Å². The molecule has 0 aromatic carbocycles. The van der Waals surface area contributed by atoms with Gasteiger partial charge < -0.3 is 9.47 Å². The highest BCUT2D eigenvalue weighted by atomic mass is 32.2. The van der Waals surface area contributed by atoms with E-state index in [0.717, 1.165) is 19.3 Å². The van der Waals surface area contributed by atoms with Crippen LogP contribution in [0.1, 0.15) is 77.6 Å². The van der Waals surface area contributed by atoms with Crippen molar-refractivity contribution in [1.29, 1.82) is 0 Å². The summed E-state index contributed by atoms with van der Waals surface area (Å²) < 4.78 is 38.7. The van der Waals surface area contributed by atoms with Crippen LogP contribution < -0.4 is 0 Å². The molecular weight excluding hydrogens is 320 g/mol. The summed E-state index contributed by atoms with van der Waals surface area (Å²) >= 11 is 0. The first-order chi connectivity index (χ1) is 11.0. The summed E-state index contributed by atoms with van der Waals surface area (Å²) in [7, 11) is -4.12. The van der Waals surface area contributed by atoms with E-state index in [2.05, 4.69) is 11.7 Å². The van der Waals surface area contributed by atoms with Crippen molar-refractivity contribution in [3.8, 4) is 0 Å². The Labute approximate surface area is 140 Å². The van der Waals surface area contributed by atoms with Gasteiger partial charge in [0.25, 0.3) is 10.1 Å². The molecule has 23 heavy (non-hydrogen) atoms. The summed E-state index contributed by atoms with van der Waals surface area (Å²) in [6, 6.07) is 0. The standard InChI is InChI=1S/C16H32O6S/c1-2-3-4-5-6-7-8-9-10-11-12-16(17)22-14-13-21-15-23(18,19)20/h2-15H2,1H3,(H,18,19,20). The highest BCUT2D eigenvalue weighted by Crippen LogP contribution is 2.11. The van der Waals surface area contributed by atoms with Crippen LogP contribution >= 0.6 is 0 Å². The van der Waals surface area contributed by atoms with Crippen LogP contribution in [-0.2, 0) is 24.4 Å². The van der Waals surface area contributed by atoms with Crippen molar-refractivity contribution in [1.82, 2.24) is 0 Å². The van der Waals surface area contributed by atoms with Crippen LogP contribution in [0.15, 0.2) is 0 Å². The minimum atomic E-state index is -4.12. The first kappa shape index (κ1) is 22.3. The van der Waals surface area contributed by atoms with E-state index in [0.29, 0.717) is 6.42 Å². The van der Waals surface area contributed by atoms with E-state index in [1.807, 2.05) is 0 Å². The molecule has 0 aliphatic carbocycles. The maximum atomic E-state index is 11.4. The molecule has 0 fully saturated rings. The fourth-order valence-electron chi connectivity index (χ4n) is 2.21. The molecule has 0 aromatic heterocycles. The summed E-state index contributed by atoms with van der Waals surface area (Å²) in [6.45, 7) is 2.19. The summed E-state index contributed by atoms with van der Waals surface area (Å²) in [5.41, 5.74) is 0. The van der Waals surface area contributed by atoms with E-state index in [9.17, 15) is 13.2 Å². The predicted octanol–water partition coefficient (Wildman–Crippen LogP) is 3.70. The Bertz CT molecular complexity index is 380. The molecule has 0 saturated carbocycles. The quantitative estimate of drug-likeness (QED) is 0.259. The monoisotopic (exact) mass is 352 g/mol. The Hall–Kier alpha value is -0.660. The first-order valence-corrected chi connectivity index (χ1v) is 10.2. The van der Waals surface area contributed by atoms with Gasteiger partial charge in [0.15, 0.2) is 5.94 Å². The van der Waals surface area contributed by atoms with Crippen LogP contribution in [0.4, 0.5) is 0 Å². The third kappa shape index (κ3) is 19.3. The van der Waals surface area contributed by atoms with Crippen molar-refractivity contribution in [3.05, 3.63) is 0 Å². The second-order valence-corrected chi connectivity index (χ2v) is 7.16. The van der Waals surface area contributed by atoms with Gasteiger partial charge in [-0.1, -0.05) is 64.7 Å². The molecule has 0 amide bonds. The van der Waals surface area contributed by atoms with Gasteiger partial charge in [0.2, 0.25) is 0 Å². The molecule has 138 valence electrons. The van der Waals surface area contributed by atoms with Gasteiger partial charge in [-0.15, -0.1) is 0 Å². The molecule has 0 rings (SSSR count). The highest BCUT2D eigenvalue weighted by Gasteiger charge is 2.05. The van der Waals surface area contributed by atoms with Crippen molar-refractivity contribution < 1.29 is 27.2 Å². The van der Waals surface area contributed by atoms with E-state index >= 15 is 0 Å². The smallest absolute Gasteiger partial charge is 0.305 e. The molecule has 0 aliphatic heterocycles. The number of rotatable bonds is 16. The molecule has 0 spiro atoms. The zero-order valence-electron chi connectivity index (χ0n) is 14.3. The second kappa shape index (κ2) is 14.9. The average Bonchev–Trinajstić information content (AvgIpc) is 2.47. The number of hydrogen-bond donors (Lipinski definition) is 1. The van der Waals surface area contributed by atoms with Gasteiger partial charge in [0.05, 0.1) is 6.61 Å². The Kier molecular flexibility index (Phi) is 14.5. The lowest BCUT2D eigenvalue weighted by Gasteiger charge is -2.05. The van der Waals surface area contributed by atoms with E-state index in [4.69, 9.17) is 9.29 Å². The van der Waals surface area contributed by atoms with Gasteiger partial charge in [-0.05, 0) is 6.42 Å². The molecule has 0 saturated heterocycles. The Balaban J connectivity index is 3.24. The minimum absolute atomic E-state index is 0.00606. The Morgan fingerprint density at radius 1 is 0.870 bits per heavy atom. The lowest BCUT2D eigenvalue weighted by Crippen LogP contribution is -2.14. The average molecular weight is 352 g/mol. The topological polar surface area (TPSA) is 89.9 Å². The van der Waals surface area contributed by atoms with Crippen molar-refractivity contribution in [3.63, 3.8) is 0 Å². The third-order valence-electron chi connectivity index (χ3n) is 3.46. The number of carbonyl (C=O) groups excluding carboxylic acids is 1. The van der Waals surface area contributed by atoms with Gasteiger partial charge in [-0.25, -0.2) is 0 Å². The van der Waals surface area contributed by atoms with Gasteiger partial charge in [-0.2, -0.15) is 8.42 Å². The van der Waals surface area contributed by atoms with Crippen molar-refractivity contribution in [2.24, 2.45) is 0 Å². The number of carbonyl (C=O) groups is 1. The lowest BCUT2D eigenvalue weighted by atomic mass is 10.1. The molecule has 1 N–H and O–H groups in total. The number of esters is 1. The fourth-order valence-corrected chi connectivity index (χ4v) is 2.54. The molecule has 7 heteroatoms. The third-order valence-corrected chi connectivity index (χ3v) is 3.92. The van der Waals surface area contributed by atoms with Crippen molar-refractivity contribution >= 4 is 16.1 Å². The molecular formula is C16H32O6S. The van der Waals surface area contributed by atoms with E-state index < -0.39 is 16.1 Å². The summed E-state index contributed by atoms with van der Waals surface area (Å²) in [6.07, 6.45) is 12.5. The molecule has 0 heterocycles. The zero-order valence-corrected chi connectivity index (χ0v) is 15.1. The maximum Gasteiger partial charge on any atom is 0.305 e. The first-order valence-electron chi connectivity index (χ1n) is 8.64. The number of ether oxygens (including phenoxy) is 2. The van der Waals surface area contributed by atoms with E-state index in [-0.39, 0.29) is 19.2 Å². The van der Waals surface area contributed by atoms with Crippen LogP contribution in [0.3, 0.4) is 0 Å². The van der Waals surface area contributed by atoms with Crippen molar-refractivity contribution in [2.75, 3.05) is 19.2 Å². The summed E-state index contributed by atoms with van der Waals surface area (Å²) in [4.78, 5) is 11.4. The Morgan fingerprint density at radius 3 is 1.91 bits per heavy atom. The van der Waals surface area contributed by atoms with Crippen LogP contribution in [0.2, 0.25) is 0 Å². The zero-order chi connectivity index (χ0) is 17.4. The summed E-state index contributed by atoms with van der Waals surface area (Å²) in [5, 5.41) is 0. The van der Waals surface area contributed by atoms with Gasteiger partial charge in [0, 0.05) is 6.42 Å². The van der Waals surface area contributed by atoms with Gasteiger partial charge >= 0.3 is 5.97 Å². The predicted molar refractivity (Wildman–Crippen MR) is 89.8 cm³/mol. The molecule has 0 radical (unpaired) electrons. The molecule has 0 aliphatic rings. The van der Waals surface area contributed by atoms with Gasteiger partial charge in [-0.3, -0.25) is 9.35 Å². The van der Waals surface area contributed by atoms with Crippen LogP contribution in [0, 0.1) is 0 Å². The van der Waals surface area contributed by atoms with Crippen LogP contribution in [0.5, 0.6) is 0 Å². The highest BCUT2D eigenvalue weighted by molar-refractivity contribution is 7.85. The van der Waals surface area contributed by atoms with Gasteiger partial charge in [0.1, 0.15) is 6.61 Å². The molecule has 0 aromatic rings. The molecule has 6 nitrogen and oxygen atoms in total. The number of hydrogen-bond acceptors (Lipinski definition) is 5. The number of unbranched alkanes of at least 4 members (excludes halogenated alkanes) is 9. The van der Waals surface area contributed by atoms with E-state index in [1.165, 1.54) is 44.9 Å². The maximum absolute atomic E-state index is 11.4. The van der Waals surface area contributed by atoms with Crippen LogP contribution in [-0.4, -0.2) is 38.1 Å². The second-order valence-electron chi connectivity index (χ2n) is 5.76. The Morgan fingerprint density at radius 2 is 1.39 bits per heavy atom. The minimum Gasteiger partial charge on any atom is -0.463 e. The summed E-state index contributed by atoms with van der Waals surface area (Å²) in [5.74, 6) is -1.07. The lowest BCUT2D eigenvalue weighted by molar-refractivity contribution is -0.145. The largest absolute Gasteiger partial charge is 0.463 e. The van der Waals surface area contributed by atoms with Crippen molar-refractivity contribution in [2.45, 2.75) is 77.6 Å². The van der Waals surface area contributed by atoms with E-state index in [1.54, 1.807) is 0 Å². The molecule has 0 bridgehead atoms. The fraction of sp³-hybridized carbons (Fsp3) is 0.938.